The topological polar surface area (TPSA) is 16.4 Å². The third kappa shape index (κ3) is 4.83. The zero-order chi connectivity index (χ0) is 31.9. The van der Waals surface area contributed by atoms with Crippen molar-refractivity contribution in [1.82, 2.24) is 0 Å². The van der Waals surface area contributed by atoms with Crippen LogP contribution in [0, 0.1) is 0 Å². The van der Waals surface area contributed by atoms with Gasteiger partial charge in [-0.05, 0) is 87.3 Å². The van der Waals surface area contributed by atoms with E-state index in [9.17, 15) is 0 Å². The van der Waals surface area contributed by atoms with Gasteiger partial charge in [0.25, 0.3) is 0 Å². The van der Waals surface area contributed by atoms with E-state index in [1.165, 1.54) is 38.8 Å². The van der Waals surface area contributed by atoms with Crippen molar-refractivity contribution in [2.45, 2.75) is 0 Å². The predicted octanol–water partition coefficient (Wildman–Crippen LogP) is 13.2. The summed E-state index contributed by atoms with van der Waals surface area (Å²) in [6.07, 6.45) is 0. The zero-order valence-corrected chi connectivity index (χ0v) is 26.3. The van der Waals surface area contributed by atoms with Crippen molar-refractivity contribution in [2.24, 2.45) is 0 Å². The zero-order valence-electron chi connectivity index (χ0n) is 26.3. The Bertz CT molecular complexity index is 2530. The summed E-state index contributed by atoms with van der Waals surface area (Å²) in [6.45, 7) is 0. The third-order valence-electron chi connectivity index (χ3n) is 9.28. The van der Waals surface area contributed by atoms with Crippen molar-refractivity contribution in [3.63, 3.8) is 0 Å². The minimum atomic E-state index is 0.915. The van der Waals surface area contributed by atoms with Gasteiger partial charge in [0.05, 0.1) is 0 Å². The molecule has 0 N–H and O–H groups in total. The van der Waals surface area contributed by atoms with Gasteiger partial charge in [-0.25, -0.2) is 0 Å². The first kappa shape index (κ1) is 27.9. The average molecular weight is 614 g/mol. The molecule has 0 spiro atoms. The normalized spacial score (nSPS) is 11.3. The lowest BCUT2D eigenvalue weighted by Crippen LogP contribution is -2.09. The molecule has 8 aromatic carbocycles. The lowest BCUT2D eigenvalue weighted by atomic mass is 9.94. The van der Waals surface area contributed by atoms with Crippen molar-refractivity contribution in [3.05, 3.63) is 188 Å². The van der Waals surface area contributed by atoms with E-state index in [4.69, 9.17) is 4.42 Å². The first-order valence-electron chi connectivity index (χ1n) is 16.4. The number of fused-ring (bicyclic) bond motifs is 5. The molecular formula is C46H31NO. The van der Waals surface area contributed by atoms with Gasteiger partial charge in [-0.15, -0.1) is 0 Å². The minimum absolute atomic E-state index is 0.915. The summed E-state index contributed by atoms with van der Waals surface area (Å²) in [6, 6.07) is 66.8. The van der Waals surface area contributed by atoms with E-state index in [0.29, 0.717) is 0 Å². The van der Waals surface area contributed by atoms with Crippen molar-refractivity contribution >= 4 is 49.8 Å². The Hall–Kier alpha value is -6.38. The van der Waals surface area contributed by atoms with E-state index in [2.05, 4.69) is 181 Å². The Morgan fingerprint density at radius 1 is 0.312 bits per heavy atom. The van der Waals surface area contributed by atoms with Crippen molar-refractivity contribution in [2.75, 3.05) is 4.90 Å². The molecule has 2 nitrogen and oxygen atoms in total. The molecule has 48 heavy (non-hydrogen) atoms. The molecule has 0 bridgehead atoms. The molecule has 0 radical (unpaired) electrons. The number of anilines is 3. The van der Waals surface area contributed by atoms with Crippen molar-refractivity contribution in [3.8, 4) is 33.4 Å². The molecule has 0 aliphatic carbocycles. The maximum Gasteiger partial charge on any atom is 0.143 e. The number of hydrogen-bond donors (Lipinski definition) is 0. The molecular weight excluding hydrogens is 583 g/mol. The van der Waals surface area contributed by atoms with Crippen LogP contribution in [0.25, 0.3) is 66.1 Å². The lowest BCUT2D eigenvalue weighted by molar-refractivity contribution is 0.672. The lowest BCUT2D eigenvalue weighted by Gasteiger charge is -2.26. The molecule has 9 aromatic rings. The summed E-state index contributed by atoms with van der Waals surface area (Å²) in [5, 5.41) is 4.60. The minimum Gasteiger partial charge on any atom is -0.455 e. The maximum absolute atomic E-state index is 6.36. The van der Waals surface area contributed by atoms with Crippen LogP contribution in [0.4, 0.5) is 17.1 Å². The Morgan fingerprint density at radius 2 is 0.771 bits per heavy atom. The summed E-state index contributed by atoms with van der Waals surface area (Å²) in [4.78, 5) is 2.32. The molecule has 226 valence electrons. The average Bonchev–Trinajstić information content (AvgIpc) is 3.55. The van der Waals surface area contributed by atoms with E-state index in [-0.39, 0.29) is 0 Å². The fourth-order valence-electron chi connectivity index (χ4n) is 6.99. The molecule has 0 saturated carbocycles. The Labute approximate surface area is 279 Å². The predicted molar refractivity (Wildman–Crippen MR) is 202 cm³/mol. The summed E-state index contributed by atoms with van der Waals surface area (Å²) < 4.78 is 6.36. The number of rotatable bonds is 6. The second-order valence-corrected chi connectivity index (χ2v) is 12.1. The molecule has 1 heterocycles. The van der Waals surface area contributed by atoms with Crippen LogP contribution in [0.5, 0.6) is 0 Å². The van der Waals surface area contributed by atoms with Crippen LogP contribution in [-0.2, 0) is 0 Å². The van der Waals surface area contributed by atoms with Crippen LogP contribution in [0.1, 0.15) is 0 Å². The van der Waals surface area contributed by atoms with E-state index in [1.807, 2.05) is 12.1 Å². The Balaban J connectivity index is 1.12. The van der Waals surface area contributed by atoms with Crippen LogP contribution in [-0.4, -0.2) is 0 Å². The van der Waals surface area contributed by atoms with Crippen molar-refractivity contribution < 1.29 is 4.42 Å². The Morgan fingerprint density at radius 3 is 1.42 bits per heavy atom. The van der Waals surface area contributed by atoms with E-state index < -0.39 is 0 Å². The largest absolute Gasteiger partial charge is 0.455 e. The molecule has 9 rings (SSSR count). The highest BCUT2D eigenvalue weighted by atomic mass is 16.3. The van der Waals surface area contributed by atoms with Gasteiger partial charge in [-0.1, -0.05) is 140 Å². The van der Waals surface area contributed by atoms with Crippen LogP contribution >= 0.6 is 0 Å². The summed E-state index contributed by atoms with van der Waals surface area (Å²) in [5.74, 6) is 0. The fraction of sp³-hybridized carbons (Fsp3) is 0. The van der Waals surface area contributed by atoms with Gasteiger partial charge in [-0.3, -0.25) is 0 Å². The summed E-state index contributed by atoms with van der Waals surface area (Å²) in [7, 11) is 0. The maximum atomic E-state index is 6.36. The first-order chi connectivity index (χ1) is 23.8. The van der Waals surface area contributed by atoms with Gasteiger partial charge >= 0.3 is 0 Å². The smallest absolute Gasteiger partial charge is 0.143 e. The summed E-state index contributed by atoms with van der Waals surface area (Å²) in [5.41, 5.74) is 12.4. The van der Waals surface area contributed by atoms with Crippen LogP contribution in [0.15, 0.2) is 192 Å². The quantitative estimate of drug-likeness (QED) is 0.185. The molecule has 0 amide bonds. The second-order valence-electron chi connectivity index (χ2n) is 12.1. The number of hydrogen-bond acceptors (Lipinski definition) is 2. The highest BCUT2D eigenvalue weighted by Crippen LogP contribution is 2.42. The second kappa shape index (κ2) is 11.8. The van der Waals surface area contributed by atoms with E-state index in [1.54, 1.807) is 0 Å². The molecule has 1 aromatic heterocycles. The number of para-hydroxylation sites is 2. The molecule has 2 heteroatoms. The highest BCUT2D eigenvalue weighted by molar-refractivity contribution is 6.19. The highest BCUT2D eigenvalue weighted by Gasteiger charge is 2.17. The SMILES string of the molecule is c1ccc(-c2ccccc2-c2ccc(N(c3ccccc3)c3ccc(-c4cc5c6ccccc6oc5c5ccccc45)cc3)cc2)cc1. The van der Waals surface area contributed by atoms with Gasteiger partial charge in [0, 0.05) is 33.2 Å². The standard InChI is InChI=1S/C46H31NO/c1-3-13-32(14-4-1)38-17-7-8-18-39(38)33-23-27-36(28-24-33)47(35-15-5-2-6-16-35)37-29-25-34(26-30-37)43-31-44-41-20-11-12-22-45(41)48-46(44)42-21-10-9-19-40(42)43/h1-31H. The van der Waals surface area contributed by atoms with E-state index in [0.717, 1.165) is 44.4 Å². The number of nitrogens with zero attached hydrogens (tertiary/aromatic N) is 1. The van der Waals surface area contributed by atoms with Crippen LogP contribution in [0.2, 0.25) is 0 Å². The molecule has 0 aliphatic heterocycles. The van der Waals surface area contributed by atoms with Gasteiger partial charge in [0.1, 0.15) is 11.2 Å². The van der Waals surface area contributed by atoms with Gasteiger partial charge in [0.15, 0.2) is 0 Å². The molecule has 0 fully saturated rings. The number of furan rings is 1. The first-order valence-corrected chi connectivity index (χ1v) is 16.4. The van der Waals surface area contributed by atoms with Crippen LogP contribution < -0.4 is 4.90 Å². The van der Waals surface area contributed by atoms with Crippen molar-refractivity contribution in [1.29, 1.82) is 0 Å². The van der Waals surface area contributed by atoms with Gasteiger partial charge < -0.3 is 9.32 Å². The number of benzene rings is 8. The van der Waals surface area contributed by atoms with Gasteiger partial charge in [-0.2, -0.15) is 0 Å². The van der Waals surface area contributed by atoms with Crippen LogP contribution in [0.3, 0.4) is 0 Å². The molecule has 0 unspecified atom stereocenters. The molecule has 0 aliphatic rings. The van der Waals surface area contributed by atoms with E-state index >= 15 is 0 Å². The fourth-order valence-corrected chi connectivity index (χ4v) is 6.99. The molecule has 0 atom stereocenters. The third-order valence-corrected chi connectivity index (χ3v) is 9.28. The van der Waals surface area contributed by atoms with Gasteiger partial charge in [0.2, 0.25) is 0 Å². The summed E-state index contributed by atoms with van der Waals surface area (Å²) >= 11 is 0. The molecule has 0 saturated heterocycles. The monoisotopic (exact) mass is 613 g/mol. The Kier molecular flexibility index (Phi) is 6.84.